The van der Waals surface area contributed by atoms with Crippen molar-refractivity contribution in [2.75, 3.05) is 33.7 Å². The van der Waals surface area contributed by atoms with Crippen molar-refractivity contribution in [3.8, 4) is 0 Å². The molecule has 0 aromatic carbocycles. The molecule has 1 unspecified atom stereocenters. The standard InChI is InChI=1S/C10H24N2/c1-5-6-10(2)9-12(4)8-7-11-3/h10-11H,5-9H2,1-4H3. The number of nitrogens with zero attached hydrogens (tertiary/aromatic N) is 1. The molecule has 0 fully saturated rings. The predicted octanol–water partition coefficient (Wildman–Crippen LogP) is 1.57. The smallest absolute Gasteiger partial charge is 0.0104 e. The summed E-state index contributed by atoms with van der Waals surface area (Å²) < 4.78 is 0. The van der Waals surface area contributed by atoms with Crippen LogP contribution in [0, 0.1) is 5.92 Å². The Labute approximate surface area is 77.3 Å². The lowest BCUT2D eigenvalue weighted by Gasteiger charge is -2.20. The molecule has 12 heavy (non-hydrogen) atoms. The van der Waals surface area contributed by atoms with Crippen LogP contribution in [0.5, 0.6) is 0 Å². The van der Waals surface area contributed by atoms with E-state index in [9.17, 15) is 0 Å². The first-order chi connectivity index (χ1) is 5.70. The monoisotopic (exact) mass is 172 g/mol. The van der Waals surface area contributed by atoms with Gasteiger partial charge < -0.3 is 10.2 Å². The molecule has 0 amide bonds. The normalized spacial score (nSPS) is 13.8. The van der Waals surface area contributed by atoms with Crippen molar-refractivity contribution in [1.29, 1.82) is 0 Å². The van der Waals surface area contributed by atoms with E-state index in [0.29, 0.717) is 0 Å². The molecular formula is C10H24N2. The minimum absolute atomic E-state index is 0.844. The van der Waals surface area contributed by atoms with Gasteiger partial charge in [-0.25, -0.2) is 0 Å². The van der Waals surface area contributed by atoms with Crippen LogP contribution in [0.4, 0.5) is 0 Å². The van der Waals surface area contributed by atoms with Crippen molar-refractivity contribution in [3.05, 3.63) is 0 Å². The van der Waals surface area contributed by atoms with Crippen LogP contribution in [0.15, 0.2) is 0 Å². The van der Waals surface area contributed by atoms with Crippen molar-refractivity contribution >= 4 is 0 Å². The summed E-state index contributed by atoms with van der Waals surface area (Å²) in [6, 6.07) is 0. The minimum atomic E-state index is 0.844. The lowest BCUT2D eigenvalue weighted by molar-refractivity contribution is 0.279. The van der Waals surface area contributed by atoms with Crippen LogP contribution in [-0.4, -0.2) is 38.6 Å². The van der Waals surface area contributed by atoms with Gasteiger partial charge in [0.25, 0.3) is 0 Å². The summed E-state index contributed by atoms with van der Waals surface area (Å²) in [5, 5.41) is 3.16. The Kier molecular flexibility index (Phi) is 7.51. The zero-order valence-electron chi connectivity index (χ0n) is 9.06. The third-order valence-corrected chi connectivity index (χ3v) is 2.15. The Morgan fingerprint density at radius 3 is 2.58 bits per heavy atom. The van der Waals surface area contributed by atoms with Crippen LogP contribution >= 0.6 is 0 Å². The van der Waals surface area contributed by atoms with E-state index in [2.05, 4.69) is 31.1 Å². The molecule has 1 atom stereocenters. The molecule has 0 aliphatic rings. The molecule has 2 heteroatoms. The lowest BCUT2D eigenvalue weighted by atomic mass is 10.1. The highest BCUT2D eigenvalue weighted by Gasteiger charge is 2.03. The third kappa shape index (κ3) is 6.62. The third-order valence-electron chi connectivity index (χ3n) is 2.15. The summed E-state index contributed by atoms with van der Waals surface area (Å²) in [5.41, 5.74) is 0. The SMILES string of the molecule is CCCC(C)CN(C)CCNC. The molecule has 0 aliphatic heterocycles. The van der Waals surface area contributed by atoms with Crippen molar-refractivity contribution < 1.29 is 0 Å². The second-order valence-corrected chi connectivity index (χ2v) is 3.76. The maximum Gasteiger partial charge on any atom is 0.0104 e. The van der Waals surface area contributed by atoms with Crippen LogP contribution in [-0.2, 0) is 0 Å². The fraction of sp³-hybridized carbons (Fsp3) is 1.00. The van der Waals surface area contributed by atoms with Gasteiger partial charge in [-0.1, -0.05) is 20.3 Å². The topological polar surface area (TPSA) is 15.3 Å². The van der Waals surface area contributed by atoms with Gasteiger partial charge in [-0.3, -0.25) is 0 Å². The Morgan fingerprint density at radius 1 is 1.42 bits per heavy atom. The fourth-order valence-electron chi connectivity index (χ4n) is 1.51. The average Bonchev–Trinajstić information content (AvgIpc) is 2.01. The number of hydrogen-bond acceptors (Lipinski definition) is 2. The molecule has 0 saturated carbocycles. The van der Waals surface area contributed by atoms with Crippen LogP contribution in [0.3, 0.4) is 0 Å². The minimum Gasteiger partial charge on any atom is -0.318 e. The molecule has 1 N–H and O–H groups in total. The molecule has 0 saturated heterocycles. The second-order valence-electron chi connectivity index (χ2n) is 3.76. The number of rotatable bonds is 7. The second kappa shape index (κ2) is 7.56. The van der Waals surface area contributed by atoms with Gasteiger partial charge in [0.1, 0.15) is 0 Å². The Bertz CT molecular complexity index is 93.8. The van der Waals surface area contributed by atoms with Gasteiger partial charge >= 0.3 is 0 Å². The Morgan fingerprint density at radius 2 is 2.08 bits per heavy atom. The summed E-state index contributed by atoms with van der Waals surface area (Å²) in [4.78, 5) is 2.40. The highest BCUT2D eigenvalue weighted by Crippen LogP contribution is 2.05. The van der Waals surface area contributed by atoms with E-state index in [0.717, 1.165) is 19.0 Å². The van der Waals surface area contributed by atoms with Crippen molar-refractivity contribution in [1.82, 2.24) is 10.2 Å². The van der Waals surface area contributed by atoms with Gasteiger partial charge in [-0.2, -0.15) is 0 Å². The van der Waals surface area contributed by atoms with E-state index in [1.165, 1.54) is 19.4 Å². The van der Waals surface area contributed by atoms with Crippen LogP contribution in [0.1, 0.15) is 26.7 Å². The highest BCUT2D eigenvalue weighted by molar-refractivity contribution is 4.59. The zero-order valence-corrected chi connectivity index (χ0v) is 9.06. The maximum atomic E-state index is 3.16. The van der Waals surface area contributed by atoms with E-state index in [1.807, 2.05) is 7.05 Å². The van der Waals surface area contributed by atoms with Gasteiger partial charge in [-0.15, -0.1) is 0 Å². The van der Waals surface area contributed by atoms with Crippen molar-refractivity contribution in [2.45, 2.75) is 26.7 Å². The van der Waals surface area contributed by atoms with Crippen LogP contribution < -0.4 is 5.32 Å². The van der Waals surface area contributed by atoms with Crippen molar-refractivity contribution in [3.63, 3.8) is 0 Å². The fourth-order valence-corrected chi connectivity index (χ4v) is 1.51. The molecule has 74 valence electrons. The lowest BCUT2D eigenvalue weighted by Crippen LogP contribution is -2.30. The van der Waals surface area contributed by atoms with Crippen molar-refractivity contribution in [2.24, 2.45) is 5.92 Å². The van der Waals surface area contributed by atoms with Gasteiger partial charge in [0.05, 0.1) is 0 Å². The van der Waals surface area contributed by atoms with E-state index in [4.69, 9.17) is 0 Å². The summed E-state index contributed by atoms with van der Waals surface area (Å²) >= 11 is 0. The summed E-state index contributed by atoms with van der Waals surface area (Å²) in [5.74, 6) is 0.844. The highest BCUT2D eigenvalue weighted by atomic mass is 15.1. The van der Waals surface area contributed by atoms with Gasteiger partial charge in [0.15, 0.2) is 0 Å². The molecule has 2 nitrogen and oxygen atoms in total. The zero-order chi connectivity index (χ0) is 9.40. The summed E-state index contributed by atoms with van der Waals surface area (Å²) in [7, 11) is 4.20. The first kappa shape index (κ1) is 11.9. The van der Waals surface area contributed by atoms with Crippen LogP contribution in [0.2, 0.25) is 0 Å². The van der Waals surface area contributed by atoms with E-state index in [-0.39, 0.29) is 0 Å². The number of nitrogens with one attached hydrogen (secondary N) is 1. The number of likely N-dealkylation sites (N-methyl/N-ethyl adjacent to an activating group) is 2. The Hall–Kier alpha value is -0.0800. The molecule has 0 bridgehead atoms. The quantitative estimate of drug-likeness (QED) is 0.627. The predicted molar refractivity (Wildman–Crippen MR) is 55.5 cm³/mol. The molecule has 0 aromatic heterocycles. The molecule has 0 aromatic rings. The molecule has 0 radical (unpaired) electrons. The van der Waals surface area contributed by atoms with Crippen LogP contribution in [0.25, 0.3) is 0 Å². The van der Waals surface area contributed by atoms with E-state index in [1.54, 1.807) is 0 Å². The molecular weight excluding hydrogens is 148 g/mol. The van der Waals surface area contributed by atoms with Gasteiger partial charge in [0, 0.05) is 19.6 Å². The Balaban J connectivity index is 3.33. The molecule has 0 rings (SSSR count). The van der Waals surface area contributed by atoms with Gasteiger partial charge in [0.2, 0.25) is 0 Å². The first-order valence-electron chi connectivity index (χ1n) is 5.03. The molecule has 0 spiro atoms. The van der Waals surface area contributed by atoms with Gasteiger partial charge in [-0.05, 0) is 26.4 Å². The maximum absolute atomic E-state index is 3.16. The largest absolute Gasteiger partial charge is 0.318 e. The molecule has 0 aliphatic carbocycles. The average molecular weight is 172 g/mol. The number of hydrogen-bond donors (Lipinski definition) is 1. The first-order valence-corrected chi connectivity index (χ1v) is 5.03. The summed E-state index contributed by atoms with van der Waals surface area (Å²) in [6.07, 6.45) is 2.66. The van der Waals surface area contributed by atoms with E-state index >= 15 is 0 Å². The summed E-state index contributed by atoms with van der Waals surface area (Å²) in [6.45, 7) is 8.07. The molecule has 0 heterocycles. The van der Waals surface area contributed by atoms with E-state index < -0.39 is 0 Å².